The number of morpholine rings is 1. The van der Waals surface area contributed by atoms with Crippen molar-refractivity contribution in [1.29, 1.82) is 0 Å². The minimum absolute atomic E-state index is 0.0316. The molecule has 0 saturated carbocycles. The van der Waals surface area contributed by atoms with Gasteiger partial charge in [-0.1, -0.05) is 23.5 Å². The first-order valence-electron chi connectivity index (χ1n) is 10.8. The Balaban J connectivity index is 1.25. The van der Waals surface area contributed by atoms with Crippen molar-refractivity contribution in [2.75, 3.05) is 36.9 Å². The van der Waals surface area contributed by atoms with E-state index in [4.69, 9.17) is 4.74 Å². The molecule has 34 heavy (non-hydrogen) atoms. The van der Waals surface area contributed by atoms with Gasteiger partial charge in [-0.2, -0.15) is 5.10 Å². The second kappa shape index (κ2) is 9.57. The SMILES string of the molecule is Cc1ccc2[nH]ncc2c1NC(=O)c1cnc(Nc2cccc(CC(=O)N3CCOCC3)n2)s1. The number of amides is 2. The molecule has 5 rings (SSSR count). The molecule has 0 atom stereocenters. The zero-order valence-corrected chi connectivity index (χ0v) is 19.3. The maximum absolute atomic E-state index is 12.9. The summed E-state index contributed by atoms with van der Waals surface area (Å²) >= 11 is 1.22. The molecule has 2 amide bonds. The van der Waals surface area contributed by atoms with Crippen molar-refractivity contribution in [3.8, 4) is 0 Å². The Morgan fingerprint density at radius 3 is 2.88 bits per heavy atom. The number of aromatic nitrogens is 4. The molecule has 3 aromatic heterocycles. The van der Waals surface area contributed by atoms with Crippen molar-refractivity contribution >= 4 is 50.7 Å². The number of carbonyl (C=O) groups is 2. The Kier molecular flexibility index (Phi) is 6.19. The Bertz CT molecular complexity index is 1340. The number of carbonyl (C=O) groups excluding carboxylic acids is 2. The van der Waals surface area contributed by atoms with E-state index in [0.717, 1.165) is 22.2 Å². The minimum Gasteiger partial charge on any atom is -0.378 e. The van der Waals surface area contributed by atoms with Crippen LogP contribution < -0.4 is 10.6 Å². The minimum atomic E-state index is -0.250. The Labute approximate surface area is 199 Å². The van der Waals surface area contributed by atoms with Crippen LogP contribution in [0.5, 0.6) is 0 Å². The second-order valence-corrected chi connectivity index (χ2v) is 8.91. The van der Waals surface area contributed by atoms with Gasteiger partial charge in [-0.05, 0) is 30.7 Å². The molecule has 4 aromatic rings. The number of nitrogens with one attached hydrogen (secondary N) is 3. The van der Waals surface area contributed by atoms with Crippen LogP contribution in [0, 0.1) is 6.92 Å². The molecular weight excluding hydrogens is 454 g/mol. The number of H-pyrrole nitrogens is 1. The molecule has 0 spiro atoms. The molecule has 1 aliphatic heterocycles. The van der Waals surface area contributed by atoms with Crippen LogP contribution in [-0.2, 0) is 16.0 Å². The van der Waals surface area contributed by atoms with Crippen molar-refractivity contribution in [3.05, 3.63) is 58.9 Å². The van der Waals surface area contributed by atoms with Crippen LogP contribution in [-0.4, -0.2) is 63.2 Å². The summed E-state index contributed by atoms with van der Waals surface area (Å²) in [5.41, 5.74) is 3.18. The van der Waals surface area contributed by atoms with Crippen LogP contribution in [0.15, 0.2) is 42.7 Å². The molecule has 1 aromatic carbocycles. The van der Waals surface area contributed by atoms with E-state index in [0.29, 0.717) is 47.8 Å². The summed E-state index contributed by atoms with van der Waals surface area (Å²) in [6.07, 6.45) is 3.44. The van der Waals surface area contributed by atoms with Gasteiger partial charge in [0.25, 0.3) is 5.91 Å². The summed E-state index contributed by atoms with van der Waals surface area (Å²) in [4.78, 5) is 36.5. The Hall–Kier alpha value is -3.83. The van der Waals surface area contributed by atoms with Gasteiger partial charge in [0.15, 0.2) is 5.13 Å². The molecule has 1 saturated heterocycles. The third-order valence-electron chi connectivity index (χ3n) is 5.54. The highest BCUT2D eigenvalue weighted by Crippen LogP contribution is 2.28. The first-order chi connectivity index (χ1) is 16.6. The fourth-order valence-corrected chi connectivity index (χ4v) is 4.46. The van der Waals surface area contributed by atoms with Crippen LogP contribution >= 0.6 is 11.3 Å². The van der Waals surface area contributed by atoms with Gasteiger partial charge in [0, 0.05) is 18.5 Å². The largest absolute Gasteiger partial charge is 0.378 e. The molecule has 174 valence electrons. The molecule has 3 N–H and O–H groups in total. The summed E-state index contributed by atoms with van der Waals surface area (Å²) in [7, 11) is 0. The van der Waals surface area contributed by atoms with E-state index in [1.807, 2.05) is 31.2 Å². The molecular formula is C23H23N7O3S. The van der Waals surface area contributed by atoms with Crippen LogP contribution in [0.2, 0.25) is 0 Å². The van der Waals surface area contributed by atoms with Crippen LogP contribution in [0.3, 0.4) is 0 Å². The number of hydrogen-bond acceptors (Lipinski definition) is 8. The number of thiazole rings is 1. The highest BCUT2D eigenvalue weighted by Gasteiger charge is 2.18. The van der Waals surface area contributed by atoms with E-state index >= 15 is 0 Å². The topological polar surface area (TPSA) is 125 Å². The molecule has 1 aliphatic rings. The van der Waals surface area contributed by atoms with Crippen molar-refractivity contribution < 1.29 is 14.3 Å². The van der Waals surface area contributed by atoms with Crippen LogP contribution in [0.1, 0.15) is 20.9 Å². The van der Waals surface area contributed by atoms with Gasteiger partial charge < -0.3 is 20.3 Å². The first kappa shape index (κ1) is 22.0. The molecule has 0 aliphatic carbocycles. The fourth-order valence-electron chi connectivity index (χ4n) is 3.74. The zero-order chi connectivity index (χ0) is 23.5. The summed E-state index contributed by atoms with van der Waals surface area (Å²) in [5.74, 6) is 0.344. The predicted octanol–water partition coefficient (Wildman–Crippen LogP) is 3.12. The highest BCUT2D eigenvalue weighted by molar-refractivity contribution is 7.17. The fraction of sp³-hybridized carbons (Fsp3) is 0.261. The molecule has 4 heterocycles. The van der Waals surface area contributed by atoms with Crippen LogP contribution in [0.25, 0.3) is 10.9 Å². The molecule has 11 heteroatoms. The summed E-state index contributed by atoms with van der Waals surface area (Å²) in [6, 6.07) is 9.32. The molecule has 10 nitrogen and oxygen atoms in total. The van der Waals surface area contributed by atoms with E-state index in [9.17, 15) is 9.59 Å². The third kappa shape index (κ3) is 4.75. The van der Waals surface area contributed by atoms with Crippen LogP contribution in [0.4, 0.5) is 16.6 Å². The molecule has 1 fully saturated rings. The Morgan fingerprint density at radius 1 is 1.18 bits per heavy atom. The summed E-state index contributed by atoms with van der Waals surface area (Å²) < 4.78 is 5.30. The van der Waals surface area contributed by atoms with Crippen molar-refractivity contribution in [2.24, 2.45) is 0 Å². The van der Waals surface area contributed by atoms with E-state index in [1.54, 1.807) is 17.2 Å². The van der Waals surface area contributed by atoms with E-state index in [-0.39, 0.29) is 18.2 Å². The average Bonchev–Trinajstić information content (AvgIpc) is 3.51. The Morgan fingerprint density at radius 2 is 2.03 bits per heavy atom. The normalized spacial score (nSPS) is 13.7. The van der Waals surface area contributed by atoms with Gasteiger partial charge >= 0.3 is 0 Å². The molecule has 0 bridgehead atoms. The van der Waals surface area contributed by atoms with E-state index in [2.05, 4.69) is 30.8 Å². The average molecular weight is 478 g/mol. The number of fused-ring (bicyclic) bond motifs is 1. The van der Waals surface area contributed by atoms with Crippen molar-refractivity contribution in [3.63, 3.8) is 0 Å². The van der Waals surface area contributed by atoms with Crippen molar-refractivity contribution in [2.45, 2.75) is 13.3 Å². The lowest BCUT2D eigenvalue weighted by atomic mass is 10.1. The van der Waals surface area contributed by atoms with Gasteiger partial charge in [0.05, 0.1) is 48.9 Å². The number of rotatable bonds is 6. The number of aryl methyl sites for hydroxylation is 1. The number of aromatic amines is 1. The smallest absolute Gasteiger partial charge is 0.267 e. The molecule has 0 unspecified atom stereocenters. The quantitative estimate of drug-likeness (QED) is 0.390. The molecule has 0 radical (unpaired) electrons. The summed E-state index contributed by atoms with van der Waals surface area (Å²) in [5, 5.41) is 14.4. The number of anilines is 3. The highest BCUT2D eigenvalue weighted by atomic mass is 32.1. The standard InChI is InChI=1S/C23H23N7O3S/c1-14-5-6-17-16(12-25-29-17)21(14)28-22(32)18-13-24-23(34-18)27-19-4-2-3-15(26-19)11-20(31)30-7-9-33-10-8-30/h2-6,12-13H,7-11H2,1H3,(H,25,29)(H,28,32)(H,24,26,27). The van der Waals surface area contributed by atoms with Gasteiger partial charge in [0.2, 0.25) is 5.91 Å². The van der Waals surface area contributed by atoms with Crippen molar-refractivity contribution in [1.82, 2.24) is 25.1 Å². The predicted molar refractivity (Wildman–Crippen MR) is 130 cm³/mol. The third-order valence-corrected chi connectivity index (χ3v) is 6.45. The lowest BCUT2D eigenvalue weighted by Gasteiger charge is -2.26. The number of benzene rings is 1. The number of ether oxygens (including phenoxy) is 1. The first-order valence-corrected chi connectivity index (χ1v) is 11.7. The lowest BCUT2D eigenvalue weighted by molar-refractivity contribution is -0.134. The summed E-state index contributed by atoms with van der Waals surface area (Å²) in [6.45, 7) is 4.28. The van der Waals surface area contributed by atoms with Gasteiger partial charge in [-0.25, -0.2) is 9.97 Å². The lowest BCUT2D eigenvalue weighted by Crippen LogP contribution is -2.41. The second-order valence-electron chi connectivity index (χ2n) is 7.88. The number of nitrogens with zero attached hydrogens (tertiary/aromatic N) is 4. The number of hydrogen-bond donors (Lipinski definition) is 3. The van der Waals surface area contributed by atoms with Gasteiger partial charge in [-0.3, -0.25) is 14.7 Å². The van der Waals surface area contributed by atoms with Gasteiger partial charge in [0.1, 0.15) is 10.7 Å². The maximum atomic E-state index is 12.9. The van der Waals surface area contributed by atoms with E-state index < -0.39 is 0 Å². The monoisotopic (exact) mass is 477 g/mol. The number of pyridine rings is 1. The zero-order valence-electron chi connectivity index (χ0n) is 18.5. The van der Waals surface area contributed by atoms with Gasteiger partial charge in [-0.15, -0.1) is 0 Å². The maximum Gasteiger partial charge on any atom is 0.267 e. The van der Waals surface area contributed by atoms with E-state index in [1.165, 1.54) is 17.5 Å².